The molecule has 0 aliphatic rings. The minimum absolute atomic E-state index is 0.129. The number of likely N-dealkylation sites (N-methyl/N-ethyl adjacent to an activating group) is 2. The number of para-hydroxylation sites is 1. The van der Waals surface area contributed by atoms with Gasteiger partial charge in [0.25, 0.3) is 5.91 Å². The maximum atomic E-state index is 14.9. The summed E-state index contributed by atoms with van der Waals surface area (Å²) in [6, 6.07) is 25.0. The van der Waals surface area contributed by atoms with Crippen LogP contribution in [0, 0.1) is 5.82 Å². The molecule has 0 bridgehead atoms. The molecular formula is C40H50FN5O4. The molecule has 0 aliphatic carbocycles. The van der Waals surface area contributed by atoms with Crippen LogP contribution < -0.4 is 26.0 Å². The monoisotopic (exact) mass is 683 g/mol. The molecule has 1 heterocycles. The van der Waals surface area contributed by atoms with Crippen molar-refractivity contribution in [1.29, 1.82) is 0 Å². The van der Waals surface area contributed by atoms with E-state index in [9.17, 15) is 14.0 Å². The second-order valence-electron chi connectivity index (χ2n) is 14.0. The van der Waals surface area contributed by atoms with Crippen molar-refractivity contribution in [2.45, 2.75) is 38.8 Å². The number of hydrogen-bond donors (Lipinski definition) is 3. The number of carbonyl (C=O) groups excluding carboxylic acids is 1. The van der Waals surface area contributed by atoms with Crippen LogP contribution in [-0.4, -0.2) is 75.2 Å². The topological polar surface area (TPSA) is 113 Å². The average Bonchev–Trinajstić information content (AvgIpc) is 3.05. The number of carbonyl (C=O) groups is 1. The average molecular weight is 684 g/mol. The SMILES string of the molecule is CN(C)CCOc1ccc(C(C)(C)N)cc1.CN(C)CCOc1ccc(C(C)(C)NC(=O)c2cc3[nH]c4ccccc4c(=O)c3cc2F)cc1. The Hall–Kier alpha value is -4.77. The Balaban J connectivity index is 0.000000295. The van der Waals surface area contributed by atoms with E-state index in [0.29, 0.717) is 29.6 Å². The Morgan fingerprint density at radius 2 is 1.28 bits per heavy atom. The number of pyridine rings is 1. The number of nitrogens with zero attached hydrogens (tertiary/aromatic N) is 2. The molecule has 5 rings (SSSR count). The number of H-pyrrole nitrogens is 1. The van der Waals surface area contributed by atoms with Gasteiger partial charge in [-0.05, 0) is 116 Å². The van der Waals surface area contributed by atoms with Crippen LogP contribution in [0.3, 0.4) is 0 Å². The van der Waals surface area contributed by atoms with Gasteiger partial charge in [0.05, 0.1) is 16.6 Å². The molecule has 0 atom stereocenters. The van der Waals surface area contributed by atoms with Gasteiger partial charge in [0.1, 0.15) is 30.5 Å². The van der Waals surface area contributed by atoms with E-state index in [1.165, 1.54) is 6.07 Å². The van der Waals surface area contributed by atoms with Gasteiger partial charge in [0.2, 0.25) is 0 Å². The molecular weight excluding hydrogens is 633 g/mol. The second kappa shape index (κ2) is 16.3. The standard InChI is InChI=1S/C27H28FN3O3.C13H22N2O/c1-27(2,17-9-11-18(12-10-17)34-14-13-31(3)4)30-26(33)20-16-24-21(15-22(20)28)25(32)19-7-5-6-8-23(19)29-24;1-13(2,14)11-5-7-12(8-6-11)16-10-9-15(3)4/h5-12,15-16H,13-14H2,1-4H3,(H,29,32)(H,30,33);5-8H,9-10,14H2,1-4H3. The van der Waals surface area contributed by atoms with Crippen LogP contribution in [0.1, 0.15) is 49.2 Å². The quantitative estimate of drug-likeness (QED) is 0.133. The van der Waals surface area contributed by atoms with Crippen molar-refractivity contribution in [3.8, 4) is 11.5 Å². The maximum absolute atomic E-state index is 14.9. The van der Waals surface area contributed by atoms with Gasteiger partial charge in [0.15, 0.2) is 5.43 Å². The van der Waals surface area contributed by atoms with Crippen LogP contribution in [-0.2, 0) is 11.1 Å². The van der Waals surface area contributed by atoms with Crippen molar-refractivity contribution < 1.29 is 18.7 Å². The summed E-state index contributed by atoms with van der Waals surface area (Å²) in [5, 5.41) is 3.58. The van der Waals surface area contributed by atoms with E-state index in [-0.39, 0.29) is 21.9 Å². The van der Waals surface area contributed by atoms with E-state index >= 15 is 0 Å². The van der Waals surface area contributed by atoms with Crippen molar-refractivity contribution >= 4 is 27.7 Å². The highest BCUT2D eigenvalue weighted by atomic mass is 19.1. The number of amides is 1. The highest BCUT2D eigenvalue weighted by Crippen LogP contribution is 2.25. The zero-order chi connectivity index (χ0) is 36.6. The number of nitrogens with two attached hydrogens (primary N) is 1. The molecule has 1 aromatic heterocycles. The number of ether oxygens (including phenoxy) is 2. The second-order valence-corrected chi connectivity index (χ2v) is 14.0. The molecule has 0 radical (unpaired) electrons. The van der Waals surface area contributed by atoms with Crippen molar-refractivity contribution in [2.24, 2.45) is 5.73 Å². The third-order valence-corrected chi connectivity index (χ3v) is 8.25. The molecule has 4 N–H and O–H groups in total. The molecule has 50 heavy (non-hydrogen) atoms. The molecule has 0 aliphatic heterocycles. The van der Waals surface area contributed by atoms with E-state index in [0.717, 1.165) is 41.8 Å². The zero-order valence-electron chi connectivity index (χ0n) is 30.4. The third-order valence-electron chi connectivity index (χ3n) is 8.25. The number of nitrogens with one attached hydrogen (secondary N) is 2. The molecule has 10 heteroatoms. The van der Waals surface area contributed by atoms with Gasteiger partial charge in [-0.15, -0.1) is 0 Å². The number of aromatic nitrogens is 1. The van der Waals surface area contributed by atoms with Gasteiger partial charge in [-0.3, -0.25) is 9.59 Å². The van der Waals surface area contributed by atoms with Gasteiger partial charge in [0, 0.05) is 34.9 Å². The number of rotatable bonds is 12. The number of hydrogen-bond acceptors (Lipinski definition) is 7. The summed E-state index contributed by atoms with van der Waals surface area (Å²) in [6.07, 6.45) is 0. The predicted octanol–water partition coefficient (Wildman–Crippen LogP) is 6.25. The van der Waals surface area contributed by atoms with E-state index in [2.05, 4.69) is 15.2 Å². The third kappa shape index (κ3) is 10.1. The first kappa shape index (κ1) is 38.0. The van der Waals surface area contributed by atoms with E-state index in [4.69, 9.17) is 15.2 Å². The minimum atomic E-state index is -0.766. The molecule has 0 spiro atoms. The Morgan fingerprint density at radius 1 is 0.760 bits per heavy atom. The Bertz CT molecular complexity index is 1950. The summed E-state index contributed by atoms with van der Waals surface area (Å²) in [5.74, 6) is 0.329. The summed E-state index contributed by atoms with van der Waals surface area (Å²) >= 11 is 0. The lowest BCUT2D eigenvalue weighted by atomic mass is 9.93. The van der Waals surface area contributed by atoms with Crippen LogP contribution in [0.5, 0.6) is 11.5 Å². The van der Waals surface area contributed by atoms with Gasteiger partial charge in [-0.25, -0.2) is 4.39 Å². The number of fused-ring (bicyclic) bond motifs is 2. The van der Waals surface area contributed by atoms with Gasteiger partial charge < -0.3 is 35.3 Å². The molecule has 0 saturated heterocycles. The maximum Gasteiger partial charge on any atom is 0.255 e. The Labute approximate surface area is 294 Å². The first-order valence-corrected chi connectivity index (χ1v) is 16.7. The highest BCUT2D eigenvalue weighted by Gasteiger charge is 2.26. The molecule has 266 valence electrons. The molecule has 1 amide bonds. The number of halogens is 1. The van der Waals surface area contributed by atoms with Crippen LogP contribution in [0.2, 0.25) is 0 Å². The van der Waals surface area contributed by atoms with Gasteiger partial charge in [-0.2, -0.15) is 0 Å². The normalized spacial score (nSPS) is 11.8. The lowest BCUT2D eigenvalue weighted by molar-refractivity contribution is 0.0908. The number of aromatic amines is 1. The van der Waals surface area contributed by atoms with Crippen molar-refractivity contribution in [3.63, 3.8) is 0 Å². The van der Waals surface area contributed by atoms with Gasteiger partial charge in [-0.1, -0.05) is 36.4 Å². The Kier molecular flexibility index (Phi) is 12.4. The van der Waals surface area contributed by atoms with Crippen LogP contribution in [0.4, 0.5) is 4.39 Å². The van der Waals surface area contributed by atoms with Crippen LogP contribution in [0.25, 0.3) is 21.8 Å². The molecule has 9 nitrogen and oxygen atoms in total. The largest absolute Gasteiger partial charge is 0.492 e. The fourth-order valence-corrected chi connectivity index (χ4v) is 5.18. The summed E-state index contributed by atoms with van der Waals surface area (Å²) in [7, 11) is 8.03. The van der Waals surface area contributed by atoms with Crippen LogP contribution >= 0.6 is 0 Å². The Morgan fingerprint density at radius 3 is 1.80 bits per heavy atom. The summed E-state index contributed by atoms with van der Waals surface area (Å²) < 4.78 is 26.2. The molecule has 5 aromatic rings. The fraction of sp³-hybridized carbons (Fsp3) is 0.350. The fourth-order valence-electron chi connectivity index (χ4n) is 5.18. The number of benzene rings is 4. The predicted molar refractivity (Wildman–Crippen MR) is 201 cm³/mol. The van der Waals surface area contributed by atoms with E-state index in [1.54, 1.807) is 18.2 Å². The van der Waals surface area contributed by atoms with E-state index in [1.807, 2.05) is 115 Å². The van der Waals surface area contributed by atoms with Crippen molar-refractivity contribution in [1.82, 2.24) is 20.1 Å². The van der Waals surface area contributed by atoms with Gasteiger partial charge >= 0.3 is 0 Å². The highest BCUT2D eigenvalue weighted by molar-refractivity contribution is 6.00. The molecule has 0 fully saturated rings. The molecule has 0 saturated carbocycles. The van der Waals surface area contributed by atoms with Crippen molar-refractivity contribution in [3.05, 3.63) is 118 Å². The first-order chi connectivity index (χ1) is 23.5. The molecule has 0 unspecified atom stereocenters. The smallest absolute Gasteiger partial charge is 0.255 e. The summed E-state index contributed by atoms with van der Waals surface area (Å²) in [4.78, 5) is 33.1. The molecule has 4 aromatic carbocycles. The lowest BCUT2D eigenvalue weighted by Gasteiger charge is -2.27. The first-order valence-electron chi connectivity index (χ1n) is 16.7. The summed E-state index contributed by atoms with van der Waals surface area (Å²) in [5.41, 5.74) is 7.55. The minimum Gasteiger partial charge on any atom is -0.492 e. The van der Waals surface area contributed by atoms with Crippen molar-refractivity contribution in [2.75, 3.05) is 54.5 Å². The zero-order valence-corrected chi connectivity index (χ0v) is 30.4. The summed E-state index contributed by atoms with van der Waals surface area (Å²) in [6.45, 7) is 10.7. The lowest BCUT2D eigenvalue weighted by Crippen LogP contribution is -2.41. The van der Waals surface area contributed by atoms with Crippen LogP contribution in [0.15, 0.2) is 89.7 Å². The van der Waals surface area contributed by atoms with E-state index < -0.39 is 17.3 Å².